The van der Waals surface area contributed by atoms with E-state index in [1.165, 1.54) is 53.6 Å². The van der Waals surface area contributed by atoms with Crippen molar-refractivity contribution in [3.63, 3.8) is 0 Å². The summed E-state index contributed by atoms with van der Waals surface area (Å²) >= 11 is 1.88. The van der Waals surface area contributed by atoms with Gasteiger partial charge in [-0.25, -0.2) is 0 Å². The van der Waals surface area contributed by atoms with Gasteiger partial charge in [-0.05, 0) is 169 Å². The van der Waals surface area contributed by atoms with E-state index in [0.29, 0.717) is 0 Å². The van der Waals surface area contributed by atoms with Crippen LogP contribution in [0.4, 0.5) is 34.1 Å². The Bertz CT molecular complexity index is 5040. The lowest BCUT2D eigenvalue weighted by atomic mass is 9.66. The largest absolute Gasteiger partial charge is 0.456 e. The van der Waals surface area contributed by atoms with Crippen LogP contribution in [0.1, 0.15) is 128 Å². The van der Waals surface area contributed by atoms with Crippen LogP contribution in [-0.2, 0) is 27.1 Å². The molecule has 0 fully saturated rings. The Morgan fingerprint density at radius 3 is 1.34 bits per heavy atom. The molecule has 0 aliphatic heterocycles. The summed E-state index contributed by atoms with van der Waals surface area (Å²) < 4.78 is 17.0. The second-order valence-electron chi connectivity index (χ2n) is 28.5. The van der Waals surface area contributed by atoms with Gasteiger partial charge in [0.25, 0.3) is 0 Å². The van der Waals surface area contributed by atoms with Gasteiger partial charge < -0.3 is 18.6 Å². The molecule has 5 heteroatoms. The van der Waals surface area contributed by atoms with E-state index in [4.69, 9.17) is 8.83 Å². The van der Waals surface area contributed by atoms with E-state index < -0.39 is 5.41 Å². The maximum absolute atomic E-state index is 7.71. The summed E-state index contributed by atoms with van der Waals surface area (Å²) in [4.78, 5) is 5.00. The molecule has 3 heterocycles. The van der Waals surface area contributed by atoms with Gasteiger partial charge in [-0.15, -0.1) is 11.3 Å². The predicted octanol–water partition coefficient (Wildman–Crippen LogP) is 24.3. The number of para-hydroxylation sites is 3. The lowest BCUT2D eigenvalue weighted by Crippen LogP contribution is -2.29. The molecule has 1 aliphatic rings. The maximum Gasteiger partial charge on any atom is 0.145 e. The molecule has 3 aromatic heterocycles. The Hall–Kier alpha value is -9.16. The van der Waals surface area contributed by atoms with E-state index in [1.807, 2.05) is 11.3 Å². The summed E-state index contributed by atoms with van der Waals surface area (Å²) in [7, 11) is 0. The quantitative estimate of drug-likeness (QED) is 0.152. The third kappa shape index (κ3) is 8.74. The molecule has 4 nitrogen and oxygen atoms in total. The molecule has 0 N–H and O–H groups in total. The molecule has 15 rings (SSSR count). The van der Waals surface area contributed by atoms with Gasteiger partial charge in [-0.1, -0.05) is 217 Å². The first-order valence-corrected chi connectivity index (χ1v) is 32.0. The summed E-state index contributed by atoms with van der Waals surface area (Å²) in [5.74, 6) is 0. The van der Waals surface area contributed by atoms with Crippen molar-refractivity contribution in [3.05, 3.63) is 275 Å². The first-order chi connectivity index (χ1) is 42.2. The SMILES string of the molecule is CC(C)(C)c1ccc(N(c2ccccc2)c2cc3c(c4c2sc2ccccc24)-c2c(cc(N(c4ccccc4)c4ccc(C(C)(C)C)cc4)c4c2oc2ccccc24)C3(c2ccc(C(C)(C)C)cc2)c2ccc3oc4ccc(C(C)(C)C)cc4c3c2)cc1. The van der Waals surface area contributed by atoms with Crippen LogP contribution in [-0.4, -0.2) is 0 Å². The lowest BCUT2D eigenvalue weighted by molar-refractivity contribution is 0.589. The molecule has 11 aromatic carbocycles. The third-order valence-corrected chi connectivity index (χ3v) is 20.0. The van der Waals surface area contributed by atoms with Crippen LogP contribution in [0.25, 0.3) is 75.2 Å². The number of anilines is 6. The van der Waals surface area contributed by atoms with Gasteiger partial charge in [0.05, 0.1) is 26.9 Å². The highest BCUT2D eigenvalue weighted by molar-refractivity contribution is 7.26. The molecular weight excluding hydrogens is 1090 g/mol. The second-order valence-corrected chi connectivity index (χ2v) is 29.6. The van der Waals surface area contributed by atoms with Gasteiger partial charge in [0.2, 0.25) is 0 Å². The van der Waals surface area contributed by atoms with E-state index >= 15 is 0 Å². The number of furan rings is 2. The zero-order valence-corrected chi connectivity index (χ0v) is 53.4. The standard InChI is InChI=1S/C83H74N2O2S/c1-79(2,3)51-31-33-54(34-32-51)83(56-40-46-71-64(48-56)63-47-55(82(10,11)12)39-45-70(63)86-71)65-50-68(85(58-25-17-14-18-26-58)60-43-37-53(38-44-60)81(7,8)9)78-74(62-28-20-22-30-72(62)88-78)75(65)76-66(83)49-67(73-61-27-19-21-29-69(61)87-77(73)76)84(57-23-15-13-16-24-57)59-41-35-52(36-42-59)80(4,5)6/h13-50H,1-12H3. The average Bonchev–Trinajstić information content (AvgIpc) is 1.50. The summed E-state index contributed by atoms with van der Waals surface area (Å²) in [5.41, 5.74) is 20.7. The van der Waals surface area contributed by atoms with E-state index in [9.17, 15) is 0 Å². The van der Waals surface area contributed by atoms with Gasteiger partial charge >= 0.3 is 0 Å². The number of hydrogen-bond acceptors (Lipinski definition) is 5. The minimum absolute atomic E-state index is 0.0289. The molecule has 0 spiro atoms. The number of benzene rings is 11. The van der Waals surface area contributed by atoms with Crippen LogP contribution in [0.3, 0.4) is 0 Å². The van der Waals surface area contributed by atoms with Crippen LogP contribution >= 0.6 is 11.3 Å². The zero-order valence-electron chi connectivity index (χ0n) is 52.6. The normalized spacial score (nSPS) is 14.6. The van der Waals surface area contributed by atoms with Gasteiger partial charge in [-0.3, -0.25) is 0 Å². The molecule has 1 aliphatic carbocycles. The van der Waals surface area contributed by atoms with Gasteiger partial charge in [0.1, 0.15) is 22.3 Å². The number of hydrogen-bond donors (Lipinski definition) is 0. The highest BCUT2D eigenvalue weighted by Crippen LogP contribution is 2.65. The van der Waals surface area contributed by atoms with Crippen molar-refractivity contribution in [1.29, 1.82) is 0 Å². The molecular formula is C83H74N2O2S. The van der Waals surface area contributed by atoms with Crippen molar-refractivity contribution in [2.75, 3.05) is 9.80 Å². The minimum atomic E-state index is -0.981. The molecule has 434 valence electrons. The Kier molecular flexibility index (Phi) is 12.6. The van der Waals surface area contributed by atoms with Crippen LogP contribution in [0.2, 0.25) is 0 Å². The average molecular weight is 1160 g/mol. The fourth-order valence-corrected chi connectivity index (χ4v) is 15.3. The van der Waals surface area contributed by atoms with Crippen molar-refractivity contribution >= 4 is 110 Å². The Labute approximate surface area is 521 Å². The van der Waals surface area contributed by atoms with Crippen LogP contribution in [0.5, 0.6) is 0 Å². The fourth-order valence-electron chi connectivity index (χ4n) is 14.1. The topological polar surface area (TPSA) is 32.8 Å². The second kappa shape index (κ2) is 19.9. The van der Waals surface area contributed by atoms with Crippen molar-refractivity contribution in [2.45, 2.75) is 110 Å². The van der Waals surface area contributed by atoms with Crippen molar-refractivity contribution < 1.29 is 8.83 Å². The molecule has 1 unspecified atom stereocenters. The number of fused-ring (bicyclic) bond motifs is 14. The third-order valence-electron chi connectivity index (χ3n) is 18.8. The summed E-state index contributed by atoms with van der Waals surface area (Å²) in [6.07, 6.45) is 0. The smallest absolute Gasteiger partial charge is 0.145 e. The fraction of sp³-hybridized carbons (Fsp3) is 0.205. The zero-order chi connectivity index (χ0) is 60.8. The van der Waals surface area contributed by atoms with E-state index in [-0.39, 0.29) is 21.7 Å². The summed E-state index contributed by atoms with van der Waals surface area (Å²) in [6, 6.07) is 86.8. The molecule has 0 saturated heterocycles. The monoisotopic (exact) mass is 1160 g/mol. The van der Waals surface area contributed by atoms with Crippen molar-refractivity contribution in [3.8, 4) is 11.1 Å². The Balaban J connectivity index is 1.17. The van der Waals surface area contributed by atoms with E-state index in [1.54, 1.807) is 0 Å². The van der Waals surface area contributed by atoms with Gasteiger partial charge in [-0.2, -0.15) is 0 Å². The molecule has 0 amide bonds. The highest BCUT2D eigenvalue weighted by atomic mass is 32.1. The van der Waals surface area contributed by atoms with Crippen molar-refractivity contribution in [1.82, 2.24) is 0 Å². The highest BCUT2D eigenvalue weighted by Gasteiger charge is 2.51. The van der Waals surface area contributed by atoms with Gasteiger partial charge in [0.15, 0.2) is 0 Å². The van der Waals surface area contributed by atoms with E-state index in [2.05, 4.69) is 323 Å². The Morgan fingerprint density at radius 1 is 0.330 bits per heavy atom. The van der Waals surface area contributed by atoms with Gasteiger partial charge in [0, 0.05) is 59.9 Å². The van der Waals surface area contributed by atoms with Crippen LogP contribution in [0.15, 0.2) is 239 Å². The number of rotatable bonds is 8. The first kappa shape index (κ1) is 55.4. The van der Waals surface area contributed by atoms with Crippen molar-refractivity contribution in [2.24, 2.45) is 0 Å². The molecule has 88 heavy (non-hydrogen) atoms. The summed E-state index contributed by atoms with van der Waals surface area (Å²) in [5, 5.41) is 6.75. The van der Waals surface area contributed by atoms with E-state index in [0.717, 1.165) is 100 Å². The Morgan fingerprint density at radius 2 is 0.761 bits per heavy atom. The molecule has 14 aromatic rings. The molecule has 0 radical (unpaired) electrons. The lowest BCUT2D eigenvalue weighted by Gasteiger charge is -2.36. The van der Waals surface area contributed by atoms with Crippen LogP contribution in [0, 0.1) is 0 Å². The predicted molar refractivity (Wildman–Crippen MR) is 375 cm³/mol. The summed E-state index contributed by atoms with van der Waals surface area (Å²) in [6.45, 7) is 27.6. The number of thiophene rings is 1. The minimum Gasteiger partial charge on any atom is -0.456 e. The molecule has 1 atom stereocenters. The number of nitrogens with zero attached hydrogens (tertiary/aromatic N) is 2. The molecule has 0 saturated carbocycles. The molecule has 0 bridgehead atoms. The van der Waals surface area contributed by atoms with Crippen LogP contribution < -0.4 is 9.80 Å². The maximum atomic E-state index is 7.71. The first-order valence-electron chi connectivity index (χ1n) is 31.1.